The molecule has 0 bridgehead atoms. The van der Waals surface area contributed by atoms with Crippen molar-refractivity contribution >= 4 is 49.7 Å². The first kappa shape index (κ1) is 31.5. The average Bonchev–Trinajstić information content (AvgIpc) is 3.70. The van der Waals surface area contributed by atoms with Gasteiger partial charge in [0.2, 0.25) is 5.89 Å². The summed E-state index contributed by atoms with van der Waals surface area (Å²) >= 11 is 0. The molecule has 0 aliphatic rings. The van der Waals surface area contributed by atoms with Gasteiger partial charge in [0.25, 0.3) is 0 Å². The molecule has 10 aromatic rings. The van der Waals surface area contributed by atoms with Gasteiger partial charge in [-0.2, -0.15) is 0 Å². The number of para-hydroxylation sites is 1. The Morgan fingerprint density at radius 2 is 0.907 bits per heavy atom. The van der Waals surface area contributed by atoms with Crippen molar-refractivity contribution in [3.8, 4) is 44.8 Å². The van der Waals surface area contributed by atoms with Crippen LogP contribution in [0.15, 0.2) is 211 Å². The van der Waals surface area contributed by atoms with E-state index < -0.39 is 0 Å². The highest BCUT2D eigenvalue weighted by Crippen LogP contribution is 2.42. The van der Waals surface area contributed by atoms with Gasteiger partial charge in [-0.25, -0.2) is 4.98 Å². The first-order valence-corrected chi connectivity index (χ1v) is 18.3. The Balaban J connectivity index is 1.03. The zero-order valence-electron chi connectivity index (χ0n) is 29.4. The van der Waals surface area contributed by atoms with Crippen molar-refractivity contribution in [2.75, 3.05) is 4.90 Å². The molecule has 0 amide bonds. The molecule has 0 saturated carbocycles. The van der Waals surface area contributed by atoms with Gasteiger partial charge in [0.15, 0.2) is 5.58 Å². The fraction of sp³-hybridized carbons (Fsp3) is 0. The van der Waals surface area contributed by atoms with Crippen LogP contribution in [-0.4, -0.2) is 4.98 Å². The molecular weight excluding hydrogens is 657 g/mol. The standard InChI is InChI=1S/C51H34N2O/c1-4-12-35(13-5-1)36-22-27-44(28-23-36)53(49-19-11-10-18-46(49)37-14-6-2-7-15-37)45-29-24-40-32-39(20-21-42(40)34-45)41-25-30-47-43(33-41)26-31-48-50(47)54-51(52-48)38-16-8-3-9-17-38/h1-34H. The normalized spacial score (nSPS) is 11.3. The van der Waals surface area contributed by atoms with Crippen molar-refractivity contribution in [2.24, 2.45) is 0 Å². The van der Waals surface area contributed by atoms with Crippen LogP contribution in [0, 0.1) is 0 Å². The smallest absolute Gasteiger partial charge is 0.227 e. The maximum Gasteiger partial charge on any atom is 0.227 e. The quantitative estimate of drug-likeness (QED) is 0.167. The van der Waals surface area contributed by atoms with Gasteiger partial charge in [0.1, 0.15) is 5.52 Å². The predicted molar refractivity (Wildman–Crippen MR) is 225 cm³/mol. The molecule has 0 saturated heterocycles. The summed E-state index contributed by atoms with van der Waals surface area (Å²) in [6.07, 6.45) is 0. The summed E-state index contributed by atoms with van der Waals surface area (Å²) in [5.41, 5.74) is 13.1. The number of nitrogens with zero attached hydrogens (tertiary/aromatic N) is 2. The van der Waals surface area contributed by atoms with Gasteiger partial charge < -0.3 is 9.32 Å². The number of fused-ring (bicyclic) bond motifs is 4. The van der Waals surface area contributed by atoms with Crippen LogP contribution < -0.4 is 4.90 Å². The first-order chi connectivity index (χ1) is 26.7. The summed E-state index contributed by atoms with van der Waals surface area (Å²) in [6.45, 7) is 0. The molecular formula is C51H34N2O. The molecule has 0 spiro atoms. The highest BCUT2D eigenvalue weighted by Gasteiger charge is 2.18. The number of benzene rings is 9. The number of hydrogen-bond acceptors (Lipinski definition) is 3. The van der Waals surface area contributed by atoms with Crippen molar-refractivity contribution in [3.05, 3.63) is 206 Å². The minimum Gasteiger partial charge on any atom is -0.435 e. The van der Waals surface area contributed by atoms with Gasteiger partial charge in [0.05, 0.1) is 5.69 Å². The van der Waals surface area contributed by atoms with E-state index in [0.29, 0.717) is 5.89 Å². The van der Waals surface area contributed by atoms with E-state index in [2.05, 4.69) is 181 Å². The van der Waals surface area contributed by atoms with Crippen molar-refractivity contribution in [2.45, 2.75) is 0 Å². The molecule has 254 valence electrons. The lowest BCUT2D eigenvalue weighted by atomic mass is 9.97. The van der Waals surface area contributed by atoms with E-state index >= 15 is 0 Å². The first-order valence-electron chi connectivity index (χ1n) is 18.3. The lowest BCUT2D eigenvalue weighted by Gasteiger charge is -2.28. The van der Waals surface area contributed by atoms with Gasteiger partial charge in [-0.15, -0.1) is 0 Å². The summed E-state index contributed by atoms with van der Waals surface area (Å²) in [5.74, 6) is 0.641. The third-order valence-electron chi connectivity index (χ3n) is 10.3. The van der Waals surface area contributed by atoms with Crippen LogP contribution in [0.4, 0.5) is 17.1 Å². The van der Waals surface area contributed by atoms with Gasteiger partial charge >= 0.3 is 0 Å². The summed E-state index contributed by atoms with van der Waals surface area (Å²) in [6, 6.07) is 73.1. The highest BCUT2D eigenvalue weighted by molar-refractivity contribution is 6.05. The third kappa shape index (κ3) is 5.78. The maximum absolute atomic E-state index is 6.31. The van der Waals surface area contributed by atoms with Crippen molar-refractivity contribution < 1.29 is 4.42 Å². The van der Waals surface area contributed by atoms with Crippen LogP contribution in [0.5, 0.6) is 0 Å². The Labute approximate surface area is 314 Å². The summed E-state index contributed by atoms with van der Waals surface area (Å²) < 4.78 is 6.31. The Morgan fingerprint density at radius 3 is 1.67 bits per heavy atom. The third-order valence-corrected chi connectivity index (χ3v) is 10.3. The number of anilines is 3. The molecule has 3 heteroatoms. The van der Waals surface area contributed by atoms with Crippen LogP contribution in [0.25, 0.3) is 77.5 Å². The topological polar surface area (TPSA) is 29.3 Å². The molecule has 9 aromatic carbocycles. The molecule has 0 radical (unpaired) electrons. The fourth-order valence-corrected chi connectivity index (χ4v) is 7.54. The van der Waals surface area contributed by atoms with Crippen molar-refractivity contribution in [1.82, 2.24) is 4.98 Å². The van der Waals surface area contributed by atoms with Crippen LogP contribution in [0.1, 0.15) is 0 Å². The monoisotopic (exact) mass is 690 g/mol. The van der Waals surface area contributed by atoms with Gasteiger partial charge in [-0.1, -0.05) is 140 Å². The van der Waals surface area contributed by atoms with E-state index in [4.69, 9.17) is 9.40 Å². The minimum atomic E-state index is 0.641. The van der Waals surface area contributed by atoms with Crippen molar-refractivity contribution in [1.29, 1.82) is 0 Å². The molecule has 54 heavy (non-hydrogen) atoms. The number of oxazole rings is 1. The predicted octanol–water partition coefficient (Wildman–Crippen LogP) is 14.3. The van der Waals surface area contributed by atoms with E-state index in [1.165, 1.54) is 38.6 Å². The van der Waals surface area contributed by atoms with Crippen LogP contribution in [0.3, 0.4) is 0 Å². The lowest BCUT2D eigenvalue weighted by Crippen LogP contribution is -2.11. The molecule has 0 aliphatic carbocycles. The van der Waals surface area contributed by atoms with E-state index in [1.54, 1.807) is 0 Å². The minimum absolute atomic E-state index is 0.641. The summed E-state index contributed by atoms with van der Waals surface area (Å²) in [5, 5.41) is 4.54. The average molecular weight is 691 g/mol. The highest BCUT2D eigenvalue weighted by atomic mass is 16.3. The zero-order chi connectivity index (χ0) is 35.8. The molecule has 3 nitrogen and oxygen atoms in total. The van der Waals surface area contributed by atoms with Gasteiger partial charge in [-0.3, -0.25) is 0 Å². The Hall–Kier alpha value is -7.23. The van der Waals surface area contributed by atoms with Crippen LogP contribution in [0.2, 0.25) is 0 Å². The summed E-state index contributed by atoms with van der Waals surface area (Å²) in [7, 11) is 0. The molecule has 0 atom stereocenters. The zero-order valence-corrected chi connectivity index (χ0v) is 29.4. The maximum atomic E-state index is 6.31. The second-order valence-corrected chi connectivity index (χ2v) is 13.6. The Kier molecular flexibility index (Phi) is 7.81. The van der Waals surface area contributed by atoms with Gasteiger partial charge in [0, 0.05) is 27.9 Å². The van der Waals surface area contributed by atoms with Crippen LogP contribution >= 0.6 is 0 Å². The Morgan fingerprint density at radius 1 is 0.370 bits per heavy atom. The van der Waals surface area contributed by atoms with Crippen molar-refractivity contribution in [3.63, 3.8) is 0 Å². The van der Waals surface area contributed by atoms with Crippen LogP contribution in [-0.2, 0) is 0 Å². The summed E-state index contributed by atoms with van der Waals surface area (Å²) in [4.78, 5) is 7.15. The van der Waals surface area contributed by atoms with E-state index in [0.717, 1.165) is 50.1 Å². The number of aromatic nitrogens is 1. The SMILES string of the molecule is c1ccc(-c2ccc(N(c3ccc4cc(-c5ccc6c(ccc7nc(-c8ccccc8)oc76)c5)ccc4c3)c3ccccc3-c3ccccc3)cc2)cc1. The molecule has 0 N–H and O–H groups in total. The second kappa shape index (κ2) is 13.4. The second-order valence-electron chi connectivity index (χ2n) is 13.6. The Bertz CT molecular complexity index is 2920. The molecule has 0 aliphatic heterocycles. The molecule has 1 heterocycles. The number of hydrogen-bond donors (Lipinski definition) is 0. The lowest BCUT2D eigenvalue weighted by molar-refractivity contribution is 0.623. The number of rotatable bonds is 7. The fourth-order valence-electron chi connectivity index (χ4n) is 7.54. The van der Waals surface area contributed by atoms with Gasteiger partial charge in [-0.05, 0) is 111 Å². The van der Waals surface area contributed by atoms with E-state index in [9.17, 15) is 0 Å². The molecule has 1 aromatic heterocycles. The van der Waals surface area contributed by atoms with E-state index in [1.807, 2.05) is 30.3 Å². The molecule has 0 fully saturated rings. The largest absolute Gasteiger partial charge is 0.435 e. The molecule has 0 unspecified atom stereocenters. The molecule has 10 rings (SSSR count). The van der Waals surface area contributed by atoms with E-state index in [-0.39, 0.29) is 0 Å².